The van der Waals surface area contributed by atoms with Crippen LogP contribution in [0.25, 0.3) is 0 Å². The molecule has 1 saturated heterocycles. The highest BCUT2D eigenvalue weighted by Gasteiger charge is 2.43. The third kappa shape index (κ3) is 3.77. The molecule has 1 heterocycles. The second-order valence-corrected chi connectivity index (χ2v) is 9.74. The number of nitrogens with zero attached hydrogens (tertiary/aromatic N) is 2. The first-order chi connectivity index (χ1) is 11.8. The molecule has 1 aromatic rings. The Morgan fingerprint density at radius 3 is 2.24 bits per heavy atom. The molecule has 1 aromatic carbocycles. The van der Waals surface area contributed by atoms with Gasteiger partial charge < -0.3 is 0 Å². The third-order valence-electron chi connectivity index (χ3n) is 6.73. The Bertz CT molecular complexity index is 615. The highest BCUT2D eigenvalue weighted by atomic mass is 15.2. The van der Waals surface area contributed by atoms with Gasteiger partial charge >= 0.3 is 0 Å². The van der Waals surface area contributed by atoms with Crippen molar-refractivity contribution in [3.63, 3.8) is 0 Å². The Balaban J connectivity index is 1.74. The van der Waals surface area contributed by atoms with Crippen molar-refractivity contribution in [1.29, 1.82) is 5.26 Å². The average molecular weight is 339 g/mol. The highest BCUT2D eigenvalue weighted by molar-refractivity contribution is 5.33. The van der Waals surface area contributed by atoms with Crippen LogP contribution in [0.3, 0.4) is 0 Å². The summed E-state index contributed by atoms with van der Waals surface area (Å²) in [5.41, 5.74) is 1.64. The molecule has 1 aliphatic carbocycles. The summed E-state index contributed by atoms with van der Waals surface area (Å²) < 4.78 is 0. The van der Waals surface area contributed by atoms with E-state index in [1.807, 2.05) is 6.07 Å². The van der Waals surface area contributed by atoms with Crippen molar-refractivity contribution in [2.75, 3.05) is 6.54 Å². The largest absolute Gasteiger partial charge is 0.295 e. The number of rotatable bonds is 2. The van der Waals surface area contributed by atoms with Gasteiger partial charge in [-0.05, 0) is 76.3 Å². The number of nitriles is 1. The van der Waals surface area contributed by atoms with Gasteiger partial charge in [0.05, 0.1) is 11.5 Å². The van der Waals surface area contributed by atoms with E-state index in [0.717, 1.165) is 25.7 Å². The van der Waals surface area contributed by atoms with Gasteiger partial charge in [-0.25, -0.2) is 0 Å². The van der Waals surface area contributed by atoms with Crippen LogP contribution in [-0.2, 0) is 5.41 Å². The van der Waals surface area contributed by atoms with Gasteiger partial charge in [-0.1, -0.05) is 44.2 Å². The maximum Gasteiger partial charge on any atom is 0.0823 e. The summed E-state index contributed by atoms with van der Waals surface area (Å²) in [6.45, 7) is 10.9. The van der Waals surface area contributed by atoms with Crippen molar-refractivity contribution in [2.45, 2.75) is 89.6 Å². The SMILES string of the molecule is CC1(C)CCCN(C2CCC(C#N)(c3ccccc3)CC2)C(C)(C)C1. The zero-order valence-electron chi connectivity index (χ0n) is 16.5. The van der Waals surface area contributed by atoms with Gasteiger partial charge in [-0.2, -0.15) is 5.26 Å². The lowest BCUT2D eigenvalue weighted by molar-refractivity contribution is 0.0309. The van der Waals surface area contributed by atoms with E-state index >= 15 is 0 Å². The van der Waals surface area contributed by atoms with Crippen LogP contribution in [0.2, 0.25) is 0 Å². The van der Waals surface area contributed by atoms with E-state index in [4.69, 9.17) is 0 Å². The van der Waals surface area contributed by atoms with Gasteiger partial charge in [0.25, 0.3) is 0 Å². The Kier molecular flexibility index (Phi) is 5.00. The summed E-state index contributed by atoms with van der Waals surface area (Å²) in [4.78, 5) is 2.79. The van der Waals surface area contributed by atoms with E-state index in [2.05, 4.69) is 62.9 Å². The smallest absolute Gasteiger partial charge is 0.0823 e. The molecule has 25 heavy (non-hydrogen) atoms. The fraction of sp³-hybridized carbons (Fsp3) is 0.696. The van der Waals surface area contributed by atoms with E-state index in [1.54, 1.807) is 0 Å². The van der Waals surface area contributed by atoms with Gasteiger partial charge in [0.15, 0.2) is 0 Å². The van der Waals surface area contributed by atoms with Crippen LogP contribution in [0.5, 0.6) is 0 Å². The molecule has 136 valence electrons. The van der Waals surface area contributed by atoms with Crippen molar-refractivity contribution in [2.24, 2.45) is 5.41 Å². The number of likely N-dealkylation sites (tertiary alicyclic amines) is 1. The maximum absolute atomic E-state index is 9.94. The summed E-state index contributed by atoms with van der Waals surface area (Å²) in [5.74, 6) is 0. The lowest BCUT2D eigenvalue weighted by Crippen LogP contribution is -2.52. The van der Waals surface area contributed by atoms with Gasteiger partial charge in [-0.3, -0.25) is 4.90 Å². The van der Waals surface area contributed by atoms with Crippen molar-refractivity contribution in [1.82, 2.24) is 4.90 Å². The van der Waals surface area contributed by atoms with E-state index in [0.29, 0.717) is 11.5 Å². The van der Waals surface area contributed by atoms with Crippen molar-refractivity contribution < 1.29 is 0 Å². The Morgan fingerprint density at radius 2 is 1.64 bits per heavy atom. The Morgan fingerprint density at radius 1 is 1.00 bits per heavy atom. The van der Waals surface area contributed by atoms with E-state index in [-0.39, 0.29) is 11.0 Å². The molecular weight excluding hydrogens is 304 g/mol. The quantitative estimate of drug-likeness (QED) is 0.693. The molecule has 0 bridgehead atoms. The minimum absolute atomic E-state index is 0.254. The first-order valence-corrected chi connectivity index (χ1v) is 10.0. The lowest BCUT2D eigenvalue weighted by atomic mass is 9.68. The number of benzene rings is 1. The average Bonchev–Trinajstić information content (AvgIpc) is 2.69. The van der Waals surface area contributed by atoms with Crippen LogP contribution in [-0.4, -0.2) is 23.0 Å². The second kappa shape index (κ2) is 6.76. The maximum atomic E-state index is 9.94. The zero-order chi connectivity index (χ0) is 18.1. The molecule has 2 fully saturated rings. The topological polar surface area (TPSA) is 27.0 Å². The van der Waals surface area contributed by atoms with Crippen LogP contribution in [0.15, 0.2) is 30.3 Å². The van der Waals surface area contributed by atoms with Crippen molar-refractivity contribution in [3.8, 4) is 6.07 Å². The molecule has 2 nitrogen and oxygen atoms in total. The summed E-state index contributed by atoms with van der Waals surface area (Å²) in [5, 5.41) is 9.94. The van der Waals surface area contributed by atoms with Gasteiger partial charge in [0.1, 0.15) is 0 Å². The second-order valence-electron chi connectivity index (χ2n) is 9.74. The lowest BCUT2D eigenvalue weighted by Gasteiger charge is -2.48. The van der Waals surface area contributed by atoms with Crippen molar-refractivity contribution >= 4 is 0 Å². The first kappa shape index (κ1) is 18.5. The standard InChI is InChI=1S/C23H34N2/c1-21(2)13-8-16-25(22(3,4)17-21)20-11-14-23(18-24,15-12-20)19-9-6-5-7-10-19/h5-7,9-10,20H,8,11-17H2,1-4H3. The van der Waals surface area contributed by atoms with Crippen LogP contribution in [0.4, 0.5) is 0 Å². The van der Waals surface area contributed by atoms with Crippen LogP contribution in [0.1, 0.15) is 78.2 Å². The van der Waals surface area contributed by atoms with Gasteiger partial charge in [-0.15, -0.1) is 0 Å². The zero-order valence-corrected chi connectivity index (χ0v) is 16.5. The molecule has 0 amide bonds. The van der Waals surface area contributed by atoms with E-state index in [9.17, 15) is 5.26 Å². The molecule has 0 radical (unpaired) electrons. The molecule has 0 N–H and O–H groups in total. The van der Waals surface area contributed by atoms with Crippen molar-refractivity contribution in [3.05, 3.63) is 35.9 Å². The summed E-state index contributed by atoms with van der Waals surface area (Å²) in [6.07, 6.45) is 8.17. The molecule has 0 unspecified atom stereocenters. The minimum atomic E-state index is -0.271. The van der Waals surface area contributed by atoms with E-state index < -0.39 is 0 Å². The first-order valence-electron chi connectivity index (χ1n) is 10.0. The fourth-order valence-electron chi connectivity index (χ4n) is 5.70. The molecule has 2 aliphatic rings. The molecule has 2 heteroatoms. The number of hydrogen-bond donors (Lipinski definition) is 0. The monoisotopic (exact) mass is 338 g/mol. The molecular formula is C23H34N2. The van der Waals surface area contributed by atoms with Crippen LogP contribution >= 0.6 is 0 Å². The molecule has 1 saturated carbocycles. The predicted molar refractivity (Wildman–Crippen MR) is 104 cm³/mol. The molecule has 3 rings (SSSR count). The predicted octanol–water partition coefficient (Wildman–Crippen LogP) is 5.68. The molecule has 0 spiro atoms. The molecule has 0 atom stereocenters. The third-order valence-corrected chi connectivity index (χ3v) is 6.73. The summed E-state index contributed by atoms with van der Waals surface area (Å²) in [6, 6.07) is 13.8. The van der Waals surface area contributed by atoms with Crippen LogP contribution in [0, 0.1) is 16.7 Å². The van der Waals surface area contributed by atoms with Gasteiger partial charge in [0, 0.05) is 11.6 Å². The molecule has 1 aliphatic heterocycles. The summed E-state index contributed by atoms with van der Waals surface area (Å²) in [7, 11) is 0. The Hall–Kier alpha value is -1.33. The number of hydrogen-bond acceptors (Lipinski definition) is 2. The Labute approximate surface area is 154 Å². The fourth-order valence-corrected chi connectivity index (χ4v) is 5.70. The minimum Gasteiger partial charge on any atom is -0.295 e. The van der Waals surface area contributed by atoms with E-state index in [1.165, 1.54) is 31.4 Å². The summed E-state index contributed by atoms with van der Waals surface area (Å²) >= 11 is 0. The normalized spacial score (nSPS) is 32.5. The van der Waals surface area contributed by atoms with Gasteiger partial charge in [0.2, 0.25) is 0 Å². The highest BCUT2D eigenvalue weighted by Crippen LogP contribution is 2.45. The van der Waals surface area contributed by atoms with Crippen LogP contribution < -0.4 is 0 Å². The molecule has 0 aromatic heterocycles.